The molecule has 1 amide bonds. The highest BCUT2D eigenvalue weighted by atomic mass is 16.4. The molecule has 4 unspecified atom stereocenters. The molecule has 7 heteroatoms. The Hall–Kier alpha value is -0.990. The van der Waals surface area contributed by atoms with Gasteiger partial charge in [-0.15, -0.1) is 6.58 Å². The maximum atomic E-state index is 11.7. The van der Waals surface area contributed by atoms with Crippen LogP contribution in [0, 0.1) is 0 Å². The molecule has 0 aliphatic rings. The number of amides is 1. The van der Waals surface area contributed by atoms with E-state index >= 15 is 0 Å². The third-order valence-electron chi connectivity index (χ3n) is 3.01. The van der Waals surface area contributed by atoms with Crippen LogP contribution in [0.3, 0.4) is 0 Å². The van der Waals surface area contributed by atoms with Gasteiger partial charge in [0, 0.05) is 20.0 Å². The summed E-state index contributed by atoms with van der Waals surface area (Å²) in [6.45, 7) is 2.64. The zero-order valence-corrected chi connectivity index (χ0v) is 11.7. The van der Waals surface area contributed by atoms with Crippen molar-refractivity contribution in [2.24, 2.45) is 0 Å². The predicted octanol–water partition coefficient (Wildman–Crippen LogP) is -1.76. The highest BCUT2D eigenvalue weighted by Crippen LogP contribution is 2.08. The number of aliphatic hydroxyl groups excluding tert-OH is 5. The average molecular weight is 291 g/mol. The molecule has 118 valence electrons. The number of carbonyl (C=O) groups is 1. The first-order valence-electron chi connectivity index (χ1n) is 6.53. The summed E-state index contributed by atoms with van der Waals surface area (Å²) in [6.07, 6.45) is -2.93. The Labute approximate surface area is 118 Å². The topological polar surface area (TPSA) is 121 Å². The molecule has 0 bridgehead atoms. The summed E-state index contributed by atoms with van der Waals surface area (Å²) in [5.41, 5.74) is 0. The van der Waals surface area contributed by atoms with Gasteiger partial charge in [-0.1, -0.05) is 6.08 Å². The Morgan fingerprint density at radius 2 is 1.75 bits per heavy atom. The van der Waals surface area contributed by atoms with Crippen LogP contribution in [0.1, 0.15) is 19.3 Å². The third kappa shape index (κ3) is 6.44. The largest absolute Gasteiger partial charge is 0.394 e. The van der Waals surface area contributed by atoms with Gasteiger partial charge >= 0.3 is 0 Å². The number of rotatable bonds is 10. The molecule has 20 heavy (non-hydrogen) atoms. The normalized spacial score (nSPS) is 17.1. The molecule has 4 atom stereocenters. The van der Waals surface area contributed by atoms with Crippen molar-refractivity contribution in [2.75, 3.05) is 20.2 Å². The van der Waals surface area contributed by atoms with Gasteiger partial charge < -0.3 is 30.4 Å². The summed E-state index contributed by atoms with van der Waals surface area (Å²) >= 11 is 0. The van der Waals surface area contributed by atoms with Gasteiger partial charge in [0.1, 0.15) is 24.4 Å². The Balaban J connectivity index is 4.26. The van der Waals surface area contributed by atoms with Crippen LogP contribution in [-0.4, -0.2) is 81.0 Å². The summed E-state index contributed by atoms with van der Waals surface area (Å²) < 4.78 is 0. The smallest absolute Gasteiger partial charge is 0.222 e. The second kappa shape index (κ2) is 9.84. The van der Waals surface area contributed by atoms with E-state index in [1.54, 1.807) is 6.08 Å². The molecule has 0 aliphatic heterocycles. The number of allylic oxidation sites excluding steroid dienone is 1. The van der Waals surface area contributed by atoms with Crippen molar-refractivity contribution in [3.8, 4) is 0 Å². The van der Waals surface area contributed by atoms with Crippen LogP contribution < -0.4 is 0 Å². The molecule has 7 nitrogen and oxygen atoms in total. The van der Waals surface area contributed by atoms with Crippen LogP contribution in [0.2, 0.25) is 0 Å². The molecular formula is C13H25NO6. The van der Waals surface area contributed by atoms with E-state index in [0.29, 0.717) is 19.3 Å². The summed E-state index contributed by atoms with van der Waals surface area (Å²) in [6, 6.07) is 0. The van der Waals surface area contributed by atoms with Crippen LogP contribution >= 0.6 is 0 Å². The minimum atomic E-state index is -1.68. The van der Waals surface area contributed by atoms with Crippen molar-refractivity contribution in [1.29, 1.82) is 0 Å². The molecule has 0 aromatic heterocycles. The Bertz CT molecular complexity index is 299. The maximum absolute atomic E-state index is 11.7. The number of hydrogen-bond acceptors (Lipinski definition) is 6. The number of aliphatic hydroxyl groups is 5. The average Bonchev–Trinajstić information content (AvgIpc) is 2.44. The Kier molecular flexibility index (Phi) is 9.35. The zero-order chi connectivity index (χ0) is 15.7. The summed E-state index contributed by atoms with van der Waals surface area (Å²) in [4.78, 5) is 12.9. The Morgan fingerprint density at radius 3 is 2.25 bits per heavy atom. The lowest BCUT2D eigenvalue weighted by atomic mass is 10.0. The number of carbonyl (C=O) groups excluding carboxylic acids is 1. The van der Waals surface area contributed by atoms with Crippen LogP contribution in [0.25, 0.3) is 0 Å². The molecule has 0 heterocycles. The fourth-order valence-corrected chi connectivity index (χ4v) is 1.64. The van der Waals surface area contributed by atoms with E-state index in [-0.39, 0.29) is 12.5 Å². The van der Waals surface area contributed by atoms with Gasteiger partial charge in [-0.05, 0) is 12.8 Å². The maximum Gasteiger partial charge on any atom is 0.222 e. The fraction of sp³-hybridized carbons (Fsp3) is 0.769. The fourth-order valence-electron chi connectivity index (χ4n) is 1.64. The summed E-state index contributed by atoms with van der Waals surface area (Å²) in [7, 11) is 1.47. The van der Waals surface area contributed by atoms with Gasteiger partial charge in [-0.25, -0.2) is 0 Å². The molecule has 0 saturated heterocycles. The molecule has 0 fully saturated rings. The molecule has 0 aromatic rings. The van der Waals surface area contributed by atoms with E-state index in [9.17, 15) is 25.2 Å². The van der Waals surface area contributed by atoms with Gasteiger partial charge in [0.2, 0.25) is 5.91 Å². The molecule has 0 aromatic carbocycles. The first kappa shape index (κ1) is 19.0. The number of nitrogens with zero attached hydrogens (tertiary/aromatic N) is 1. The van der Waals surface area contributed by atoms with Gasteiger partial charge in [0.05, 0.1) is 6.61 Å². The summed E-state index contributed by atoms with van der Waals surface area (Å²) in [5.74, 6) is -0.199. The predicted molar refractivity (Wildman–Crippen MR) is 72.8 cm³/mol. The third-order valence-corrected chi connectivity index (χ3v) is 3.01. The molecule has 0 spiro atoms. The van der Waals surface area contributed by atoms with E-state index < -0.39 is 31.0 Å². The quantitative estimate of drug-likeness (QED) is 0.240. The van der Waals surface area contributed by atoms with Gasteiger partial charge in [-0.3, -0.25) is 4.79 Å². The van der Waals surface area contributed by atoms with Crippen LogP contribution in [-0.2, 0) is 4.79 Å². The minimum absolute atomic E-state index is 0.177. The lowest BCUT2D eigenvalue weighted by molar-refractivity contribution is -0.138. The zero-order valence-electron chi connectivity index (χ0n) is 11.7. The molecule has 5 N–H and O–H groups in total. The van der Waals surface area contributed by atoms with Crippen molar-refractivity contribution >= 4 is 5.91 Å². The first-order chi connectivity index (χ1) is 9.34. The van der Waals surface area contributed by atoms with Crippen molar-refractivity contribution < 1.29 is 30.3 Å². The van der Waals surface area contributed by atoms with Crippen molar-refractivity contribution in [3.63, 3.8) is 0 Å². The second-order valence-electron chi connectivity index (χ2n) is 4.75. The minimum Gasteiger partial charge on any atom is -0.394 e. The molecule has 0 rings (SSSR count). The van der Waals surface area contributed by atoms with E-state index in [0.717, 1.165) is 0 Å². The highest BCUT2D eigenvalue weighted by molar-refractivity contribution is 5.75. The summed E-state index contributed by atoms with van der Waals surface area (Å²) in [5, 5.41) is 46.6. The number of likely N-dealkylation sites (N-methyl/N-ethyl adjacent to an activating group) is 1. The van der Waals surface area contributed by atoms with Gasteiger partial charge in [0.25, 0.3) is 0 Å². The van der Waals surface area contributed by atoms with Crippen molar-refractivity contribution in [1.82, 2.24) is 4.90 Å². The SMILES string of the molecule is C=CCCCC(=O)N(C)CC(O)C(O)C(O)C(O)CO. The van der Waals surface area contributed by atoms with Gasteiger partial charge in [-0.2, -0.15) is 0 Å². The molecule has 0 saturated carbocycles. The monoisotopic (exact) mass is 291 g/mol. The molecule has 0 radical (unpaired) electrons. The van der Waals surface area contributed by atoms with Crippen LogP contribution in [0.15, 0.2) is 12.7 Å². The van der Waals surface area contributed by atoms with Crippen molar-refractivity contribution in [2.45, 2.75) is 43.7 Å². The van der Waals surface area contributed by atoms with E-state index in [1.165, 1.54) is 11.9 Å². The number of hydrogen-bond donors (Lipinski definition) is 5. The highest BCUT2D eigenvalue weighted by Gasteiger charge is 2.31. The lowest BCUT2D eigenvalue weighted by Gasteiger charge is -2.28. The first-order valence-corrected chi connectivity index (χ1v) is 6.53. The number of unbranched alkanes of at least 4 members (excludes halogenated alkanes) is 1. The van der Waals surface area contributed by atoms with E-state index in [4.69, 9.17) is 5.11 Å². The van der Waals surface area contributed by atoms with Gasteiger partial charge in [0.15, 0.2) is 0 Å². The van der Waals surface area contributed by atoms with Crippen LogP contribution in [0.5, 0.6) is 0 Å². The standard InChI is InChI=1S/C13H25NO6/c1-3-4-5-6-11(18)14(2)7-9(16)12(19)13(20)10(17)8-15/h3,9-10,12-13,15-17,19-20H,1,4-8H2,2H3. The molecule has 0 aliphatic carbocycles. The lowest BCUT2D eigenvalue weighted by Crippen LogP contribution is -2.49. The Morgan fingerprint density at radius 1 is 1.20 bits per heavy atom. The van der Waals surface area contributed by atoms with Crippen LogP contribution in [0.4, 0.5) is 0 Å². The van der Waals surface area contributed by atoms with E-state index in [2.05, 4.69) is 6.58 Å². The molecular weight excluding hydrogens is 266 g/mol. The second-order valence-corrected chi connectivity index (χ2v) is 4.75. The van der Waals surface area contributed by atoms with E-state index in [1.807, 2.05) is 0 Å². The van der Waals surface area contributed by atoms with Crippen molar-refractivity contribution in [3.05, 3.63) is 12.7 Å².